The van der Waals surface area contributed by atoms with E-state index in [1.54, 1.807) is 18.3 Å². The Labute approximate surface area is 176 Å². The van der Waals surface area contributed by atoms with Gasteiger partial charge in [0.05, 0.1) is 6.42 Å². The molecule has 1 aromatic heterocycles. The van der Waals surface area contributed by atoms with Gasteiger partial charge in [-0.05, 0) is 43.0 Å². The molecule has 0 aliphatic carbocycles. The summed E-state index contributed by atoms with van der Waals surface area (Å²) in [6.07, 6.45) is 4.85. The number of carbonyl (C=O) groups is 2. The third-order valence-corrected chi connectivity index (χ3v) is 4.81. The first-order valence-corrected chi connectivity index (χ1v) is 10.2. The highest BCUT2D eigenvalue weighted by Crippen LogP contribution is 2.23. The average molecular weight is 405 g/mol. The van der Waals surface area contributed by atoms with Crippen LogP contribution >= 0.6 is 0 Å². The first-order valence-electron chi connectivity index (χ1n) is 10.2. The molecule has 2 aromatic carbocycles. The smallest absolute Gasteiger partial charge is 0.310 e. The Balaban J connectivity index is 1.67. The van der Waals surface area contributed by atoms with E-state index in [-0.39, 0.29) is 18.3 Å². The van der Waals surface area contributed by atoms with Crippen molar-refractivity contribution in [1.29, 1.82) is 0 Å². The maximum absolute atomic E-state index is 12.7. The van der Waals surface area contributed by atoms with Crippen LogP contribution in [0.2, 0.25) is 0 Å². The first kappa shape index (κ1) is 21.3. The van der Waals surface area contributed by atoms with E-state index in [2.05, 4.69) is 22.4 Å². The topological polar surface area (TPSA) is 73.2 Å². The maximum Gasteiger partial charge on any atom is 0.310 e. The summed E-state index contributed by atoms with van der Waals surface area (Å²) in [6, 6.07) is 17.3. The van der Waals surface area contributed by atoms with Crippen LogP contribution in [-0.2, 0) is 33.7 Å². The van der Waals surface area contributed by atoms with Gasteiger partial charge in [0.1, 0.15) is 5.82 Å². The molecule has 0 fully saturated rings. The molecule has 6 nitrogen and oxygen atoms in total. The summed E-state index contributed by atoms with van der Waals surface area (Å²) in [4.78, 5) is 28.2. The zero-order valence-electron chi connectivity index (χ0n) is 17.4. The molecule has 3 rings (SSSR count). The Morgan fingerprint density at radius 1 is 1.07 bits per heavy atom. The number of ether oxygens (including phenoxy) is 1. The highest BCUT2D eigenvalue weighted by atomic mass is 16.5. The molecule has 0 bridgehead atoms. The predicted octanol–water partition coefficient (Wildman–Crippen LogP) is 4.32. The van der Waals surface area contributed by atoms with Crippen molar-refractivity contribution in [3.05, 3.63) is 83.9 Å². The maximum atomic E-state index is 12.7. The van der Waals surface area contributed by atoms with Crippen molar-refractivity contribution in [1.82, 2.24) is 9.55 Å². The zero-order chi connectivity index (χ0) is 21.3. The number of esters is 1. The highest BCUT2D eigenvalue weighted by Gasteiger charge is 2.21. The van der Waals surface area contributed by atoms with E-state index in [1.165, 1.54) is 12.5 Å². The van der Waals surface area contributed by atoms with Crippen molar-refractivity contribution in [2.24, 2.45) is 0 Å². The van der Waals surface area contributed by atoms with E-state index in [4.69, 9.17) is 4.74 Å². The molecular formula is C24H27N3O3. The summed E-state index contributed by atoms with van der Waals surface area (Å²) in [6.45, 7) is 4.26. The summed E-state index contributed by atoms with van der Waals surface area (Å²) in [7, 11) is 0. The standard InChI is InChI=1S/C24H27N3O3/c1-3-27-16-15-25-24(27)22(14-11-19-7-5-4-6-8-19)30-23(29)17-20-9-12-21(13-10-20)26-18(2)28/h4-10,12-13,15-16,22H,3,11,14,17H2,1-2H3,(H,26,28)/t22-/m1/s1. The van der Waals surface area contributed by atoms with Crippen LogP contribution < -0.4 is 5.32 Å². The van der Waals surface area contributed by atoms with Crippen LogP contribution in [0.4, 0.5) is 5.69 Å². The third kappa shape index (κ3) is 6.04. The second-order valence-electron chi connectivity index (χ2n) is 7.13. The van der Waals surface area contributed by atoms with E-state index in [1.807, 2.05) is 48.0 Å². The molecule has 0 saturated carbocycles. The molecule has 1 heterocycles. The lowest BCUT2D eigenvalue weighted by molar-refractivity contribution is -0.149. The van der Waals surface area contributed by atoms with Crippen molar-refractivity contribution in [3.63, 3.8) is 0 Å². The van der Waals surface area contributed by atoms with Crippen LogP contribution in [0.5, 0.6) is 0 Å². The van der Waals surface area contributed by atoms with E-state index in [9.17, 15) is 9.59 Å². The Bertz CT molecular complexity index is 965. The van der Waals surface area contributed by atoms with Crippen molar-refractivity contribution >= 4 is 17.6 Å². The predicted molar refractivity (Wildman–Crippen MR) is 116 cm³/mol. The summed E-state index contributed by atoms with van der Waals surface area (Å²) >= 11 is 0. The number of rotatable bonds is 9. The number of nitrogens with zero attached hydrogens (tertiary/aromatic N) is 2. The largest absolute Gasteiger partial charge is 0.454 e. The fraction of sp³-hybridized carbons (Fsp3) is 0.292. The third-order valence-electron chi connectivity index (χ3n) is 4.81. The molecule has 1 N–H and O–H groups in total. The molecule has 0 aliphatic rings. The Morgan fingerprint density at radius 3 is 2.47 bits per heavy atom. The molecule has 6 heteroatoms. The van der Waals surface area contributed by atoms with E-state index < -0.39 is 6.10 Å². The summed E-state index contributed by atoms with van der Waals surface area (Å²) in [5.74, 6) is 0.337. The van der Waals surface area contributed by atoms with Gasteiger partial charge in [-0.2, -0.15) is 0 Å². The fourth-order valence-electron chi connectivity index (χ4n) is 3.34. The molecule has 1 atom stereocenters. The van der Waals surface area contributed by atoms with Crippen molar-refractivity contribution in [3.8, 4) is 0 Å². The minimum Gasteiger partial charge on any atom is -0.454 e. The molecule has 3 aromatic rings. The van der Waals surface area contributed by atoms with Gasteiger partial charge < -0.3 is 14.6 Å². The molecular weight excluding hydrogens is 378 g/mol. The number of aryl methyl sites for hydroxylation is 2. The van der Waals surface area contributed by atoms with Crippen molar-refractivity contribution in [2.45, 2.75) is 45.8 Å². The van der Waals surface area contributed by atoms with Crippen LogP contribution in [0.3, 0.4) is 0 Å². The van der Waals surface area contributed by atoms with Gasteiger partial charge in [0.15, 0.2) is 6.10 Å². The number of nitrogens with one attached hydrogen (secondary N) is 1. The van der Waals surface area contributed by atoms with Gasteiger partial charge in [-0.15, -0.1) is 0 Å². The molecule has 156 valence electrons. The van der Waals surface area contributed by atoms with Crippen LogP contribution in [0, 0.1) is 0 Å². The molecule has 0 unspecified atom stereocenters. The van der Waals surface area contributed by atoms with Crippen LogP contribution in [-0.4, -0.2) is 21.4 Å². The van der Waals surface area contributed by atoms with Crippen molar-refractivity contribution in [2.75, 3.05) is 5.32 Å². The monoisotopic (exact) mass is 405 g/mol. The van der Waals surface area contributed by atoms with Crippen LogP contribution in [0.15, 0.2) is 67.0 Å². The quantitative estimate of drug-likeness (QED) is 0.538. The zero-order valence-corrected chi connectivity index (χ0v) is 17.4. The highest BCUT2D eigenvalue weighted by molar-refractivity contribution is 5.88. The molecule has 0 spiro atoms. The molecule has 0 aliphatic heterocycles. The summed E-state index contributed by atoms with van der Waals surface area (Å²) in [5, 5.41) is 2.71. The van der Waals surface area contributed by atoms with E-state index >= 15 is 0 Å². The lowest BCUT2D eigenvalue weighted by Gasteiger charge is -2.19. The number of hydrogen-bond donors (Lipinski definition) is 1. The summed E-state index contributed by atoms with van der Waals surface area (Å²) in [5.41, 5.74) is 2.72. The number of carbonyl (C=O) groups excluding carboxylic acids is 2. The molecule has 30 heavy (non-hydrogen) atoms. The van der Waals surface area contributed by atoms with Gasteiger partial charge in [0.25, 0.3) is 0 Å². The fourth-order valence-corrected chi connectivity index (χ4v) is 3.34. The van der Waals surface area contributed by atoms with Gasteiger partial charge in [-0.3, -0.25) is 9.59 Å². The van der Waals surface area contributed by atoms with Crippen molar-refractivity contribution < 1.29 is 14.3 Å². The molecule has 0 radical (unpaired) electrons. The van der Waals surface area contributed by atoms with Gasteiger partial charge in [-0.1, -0.05) is 42.5 Å². The Morgan fingerprint density at radius 2 is 1.80 bits per heavy atom. The number of aromatic nitrogens is 2. The average Bonchev–Trinajstić information content (AvgIpc) is 3.21. The minimum absolute atomic E-state index is 0.130. The molecule has 1 amide bonds. The number of hydrogen-bond acceptors (Lipinski definition) is 4. The van der Waals surface area contributed by atoms with E-state index in [0.29, 0.717) is 12.1 Å². The normalized spacial score (nSPS) is 11.7. The second kappa shape index (κ2) is 10.4. The Hall–Kier alpha value is -3.41. The van der Waals surface area contributed by atoms with Crippen LogP contribution in [0.1, 0.15) is 43.3 Å². The van der Waals surface area contributed by atoms with E-state index in [0.717, 1.165) is 24.4 Å². The number of anilines is 1. The van der Waals surface area contributed by atoms with Gasteiger partial charge >= 0.3 is 5.97 Å². The number of imidazole rings is 1. The first-order chi connectivity index (χ1) is 14.5. The molecule has 0 saturated heterocycles. The second-order valence-corrected chi connectivity index (χ2v) is 7.13. The van der Waals surface area contributed by atoms with Gasteiger partial charge in [0.2, 0.25) is 5.91 Å². The van der Waals surface area contributed by atoms with Gasteiger partial charge in [0, 0.05) is 31.5 Å². The van der Waals surface area contributed by atoms with Gasteiger partial charge in [-0.25, -0.2) is 4.98 Å². The lowest BCUT2D eigenvalue weighted by Crippen LogP contribution is -2.18. The lowest BCUT2D eigenvalue weighted by atomic mass is 10.1. The number of benzene rings is 2. The summed E-state index contributed by atoms with van der Waals surface area (Å²) < 4.78 is 7.87. The number of amides is 1. The Kier molecular flexibility index (Phi) is 7.38. The SMILES string of the molecule is CCn1ccnc1[C@@H](CCc1ccccc1)OC(=O)Cc1ccc(NC(C)=O)cc1. The van der Waals surface area contributed by atoms with Crippen LogP contribution in [0.25, 0.3) is 0 Å². The minimum atomic E-state index is -0.411.